The van der Waals surface area contributed by atoms with Gasteiger partial charge in [-0.3, -0.25) is 9.59 Å². The number of Topliss-reactive ketones (excluding diaryl/α,β-unsaturated/α-hetero) is 1. The molecule has 2 atom stereocenters. The third kappa shape index (κ3) is 4.29. The van der Waals surface area contributed by atoms with E-state index in [0.717, 1.165) is 41.1 Å². The molecule has 0 radical (unpaired) electrons. The number of fused-ring (bicyclic) bond motifs is 3. The smallest absolute Gasteiger partial charge is 0.416 e. The number of benzene rings is 2. The third-order valence-electron chi connectivity index (χ3n) is 7.00. The Labute approximate surface area is 193 Å². The van der Waals surface area contributed by atoms with Crippen molar-refractivity contribution in [2.45, 2.75) is 63.1 Å². The van der Waals surface area contributed by atoms with Gasteiger partial charge in [-0.25, -0.2) is 0 Å². The molecule has 5 nitrogen and oxygen atoms in total. The van der Waals surface area contributed by atoms with Gasteiger partial charge in [0.25, 0.3) is 0 Å². The first kappa shape index (κ1) is 22.5. The second-order valence-corrected chi connectivity index (χ2v) is 9.24. The second-order valence-electron chi connectivity index (χ2n) is 9.24. The number of rotatable bonds is 6. The number of carboxylic acids is 1. The number of H-pyrrole nitrogens is 1. The van der Waals surface area contributed by atoms with Crippen LogP contribution in [0.25, 0.3) is 10.9 Å². The maximum Gasteiger partial charge on any atom is 0.416 e. The highest BCUT2D eigenvalue weighted by atomic mass is 19.4. The molecule has 2 aliphatic carbocycles. The fourth-order valence-electron chi connectivity index (χ4n) is 5.37. The standard InChI is InChI=1S/C26H24F3NO4/c27-26(28,29)22-9-14(1-6-19(22)15-2-4-17(31)10-15)13-34-18-5-8-23-21(12-18)20-7-3-16(11-24(32)33)25(20)30-23/h1,5-6,8-9,12,15-16,30H,2-4,7,10-11,13H2,(H,32,33)/t15-,16-/m0/s1. The summed E-state index contributed by atoms with van der Waals surface area (Å²) in [5, 5.41) is 10.1. The molecule has 3 aromatic rings. The van der Waals surface area contributed by atoms with E-state index in [9.17, 15) is 22.8 Å². The van der Waals surface area contributed by atoms with Gasteiger partial charge >= 0.3 is 12.1 Å². The van der Waals surface area contributed by atoms with Crippen LogP contribution in [0.3, 0.4) is 0 Å². The van der Waals surface area contributed by atoms with Gasteiger partial charge in [0.1, 0.15) is 18.1 Å². The van der Waals surface area contributed by atoms with Crippen molar-refractivity contribution in [1.29, 1.82) is 0 Å². The van der Waals surface area contributed by atoms with E-state index < -0.39 is 17.7 Å². The van der Waals surface area contributed by atoms with Crippen LogP contribution in [-0.4, -0.2) is 21.8 Å². The third-order valence-corrected chi connectivity index (χ3v) is 7.00. The number of alkyl halides is 3. The van der Waals surface area contributed by atoms with Gasteiger partial charge in [0.2, 0.25) is 0 Å². The van der Waals surface area contributed by atoms with Gasteiger partial charge in [-0.2, -0.15) is 13.2 Å². The number of hydrogen-bond acceptors (Lipinski definition) is 3. The van der Waals surface area contributed by atoms with Crippen molar-refractivity contribution in [2.24, 2.45) is 0 Å². The Balaban J connectivity index is 1.36. The maximum atomic E-state index is 13.8. The zero-order valence-corrected chi connectivity index (χ0v) is 18.4. The van der Waals surface area contributed by atoms with Crippen LogP contribution in [0.4, 0.5) is 13.2 Å². The molecule has 0 amide bonds. The number of carbonyl (C=O) groups excluding carboxylic acids is 1. The molecule has 0 aliphatic heterocycles. The van der Waals surface area contributed by atoms with E-state index in [1.54, 1.807) is 12.1 Å². The molecule has 1 heterocycles. The van der Waals surface area contributed by atoms with Crippen molar-refractivity contribution in [3.8, 4) is 5.75 Å². The van der Waals surface area contributed by atoms with Crippen LogP contribution in [0.5, 0.6) is 5.75 Å². The minimum absolute atomic E-state index is 0.00597. The van der Waals surface area contributed by atoms with Gasteiger partial charge in [0, 0.05) is 35.4 Å². The summed E-state index contributed by atoms with van der Waals surface area (Å²) >= 11 is 0. The second kappa shape index (κ2) is 8.49. The van der Waals surface area contributed by atoms with Crippen LogP contribution in [0.15, 0.2) is 36.4 Å². The monoisotopic (exact) mass is 471 g/mol. The number of ketones is 1. The molecule has 0 spiro atoms. The quantitative estimate of drug-likeness (QED) is 0.455. The molecular formula is C26H24F3NO4. The van der Waals surface area contributed by atoms with Crippen LogP contribution in [-0.2, 0) is 28.8 Å². The number of carbonyl (C=O) groups is 2. The van der Waals surface area contributed by atoms with Crippen LogP contribution < -0.4 is 4.74 Å². The summed E-state index contributed by atoms with van der Waals surface area (Å²) in [5.41, 5.74) is 2.81. The lowest BCUT2D eigenvalue weighted by Crippen LogP contribution is -2.12. The lowest BCUT2D eigenvalue weighted by atomic mass is 9.91. The number of aliphatic carboxylic acids is 1. The normalized spacial score (nSPS) is 20.1. The predicted octanol–water partition coefficient (Wildman–Crippen LogP) is 6.11. The van der Waals surface area contributed by atoms with Gasteiger partial charge in [0.05, 0.1) is 12.0 Å². The highest BCUT2D eigenvalue weighted by Crippen LogP contribution is 2.42. The van der Waals surface area contributed by atoms with Crippen molar-refractivity contribution >= 4 is 22.7 Å². The van der Waals surface area contributed by atoms with Gasteiger partial charge in [-0.05, 0) is 66.1 Å². The Morgan fingerprint density at radius 3 is 2.65 bits per heavy atom. The molecule has 34 heavy (non-hydrogen) atoms. The van der Waals surface area contributed by atoms with E-state index in [1.165, 1.54) is 6.07 Å². The van der Waals surface area contributed by atoms with Gasteiger partial charge in [-0.1, -0.05) is 12.1 Å². The van der Waals surface area contributed by atoms with Crippen molar-refractivity contribution in [2.75, 3.05) is 0 Å². The molecule has 2 aromatic carbocycles. The first-order valence-electron chi connectivity index (χ1n) is 11.4. The molecule has 8 heteroatoms. The van der Waals surface area contributed by atoms with Crippen molar-refractivity contribution < 1.29 is 32.6 Å². The van der Waals surface area contributed by atoms with Gasteiger partial charge in [-0.15, -0.1) is 0 Å². The minimum Gasteiger partial charge on any atom is -0.489 e. The average Bonchev–Trinajstić information content (AvgIpc) is 3.47. The molecule has 1 aromatic heterocycles. The van der Waals surface area contributed by atoms with Crippen LogP contribution in [0.1, 0.15) is 71.9 Å². The zero-order chi connectivity index (χ0) is 24.0. The van der Waals surface area contributed by atoms with Crippen LogP contribution in [0, 0.1) is 0 Å². The predicted molar refractivity (Wildman–Crippen MR) is 119 cm³/mol. The van der Waals surface area contributed by atoms with Crippen molar-refractivity contribution in [3.63, 3.8) is 0 Å². The van der Waals surface area contributed by atoms with Crippen LogP contribution in [0.2, 0.25) is 0 Å². The topological polar surface area (TPSA) is 79.4 Å². The highest BCUT2D eigenvalue weighted by Gasteiger charge is 2.37. The van der Waals surface area contributed by atoms with E-state index in [2.05, 4.69) is 4.98 Å². The maximum absolute atomic E-state index is 13.8. The molecule has 178 valence electrons. The lowest BCUT2D eigenvalue weighted by molar-refractivity contribution is -0.139. The van der Waals surface area contributed by atoms with Gasteiger partial charge in [0.15, 0.2) is 0 Å². The molecule has 1 saturated carbocycles. The molecule has 2 N–H and O–H groups in total. The Kier molecular flexibility index (Phi) is 5.62. The Hall–Kier alpha value is -3.29. The number of aromatic amines is 1. The zero-order valence-electron chi connectivity index (χ0n) is 18.4. The van der Waals surface area contributed by atoms with Crippen LogP contribution >= 0.6 is 0 Å². The molecule has 2 aliphatic rings. The molecular weight excluding hydrogens is 447 g/mol. The SMILES string of the molecule is O=C(O)C[C@@H]1CCc2c1[nH]c1ccc(OCc3ccc([C@H]4CCC(=O)C4)c(C(F)(F)F)c3)cc21. The summed E-state index contributed by atoms with van der Waals surface area (Å²) in [6, 6.07) is 9.70. The Morgan fingerprint density at radius 1 is 1.12 bits per heavy atom. The van der Waals surface area contributed by atoms with E-state index in [1.807, 2.05) is 12.1 Å². The Bertz CT molecular complexity index is 1280. The molecule has 5 rings (SSSR count). The summed E-state index contributed by atoms with van der Waals surface area (Å²) in [6.07, 6.45) is -1.94. The summed E-state index contributed by atoms with van der Waals surface area (Å²) in [4.78, 5) is 26.0. The van der Waals surface area contributed by atoms with E-state index >= 15 is 0 Å². The molecule has 0 unspecified atom stereocenters. The van der Waals surface area contributed by atoms with Gasteiger partial charge < -0.3 is 14.8 Å². The number of aromatic nitrogens is 1. The summed E-state index contributed by atoms with van der Waals surface area (Å²) < 4.78 is 47.1. The number of ether oxygens (including phenoxy) is 1. The van der Waals surface area contributed by atoms with E-state index in [-0.39, 0.29) is 42.6 Å². The molecule has 1 fully saturated rings. The largest absolute Gasteiger partial charge is 0.489 e. The Morgan fingerprint density at radius 2 is 1.94 bits per heavy atom. The summed E-state index contributed by atoms with van der Waals surface area (Å²) in [5.74, 6) is -0.716. The lowest BCUT2D eigenvalue weighted by Gasteiger charge is -2.18. The first-order chi connectivity index (χ1) is 16.2. The number of nitrogens with one attached hydrogen (secondary N) is 1. The number of carboxylic acid groups (broad SMARTS) is 1. The van der Waals surface area contributed by atoms with Crippen molar-refractivity contribution in [3.05, 3.63) is 64.3 Å². The molecule has 0 saturated heterocycles. The molecule has 0 bridgehead atoms. The van der Waals surface area contributed by atoms with E-state index in [0.29, 0.717) is 24.2 Å². The van der Waals surface area contributed by atoms with Crippen molar-refractivity contribution in [1.82, 2.24) is 4.98 Å². The summed E-state index contributed by atoms with van der Waals surface area (Å²) in [6.45, 7) is -0.0211. The fourth-order valence-corrected chi connectivity index (χ4v) is 5.37. The summed E-state index contributed by atoms with van der Waals surface area (Å²) in [7, 11) is 0. The first-order valence-corrected chi connectivity index (χ1v) is 11.4. The average molecular weight is 471 g/mol. The highest BCUT2D eigenvalue weighted by molar-refractivity contribution is 5.87. The number of halogens is 3. The fraction of sp³-hybridized carbons (Fsp3) is 0.385. The number of aryl methyl sites for hydroxylation is 1. The number of hydrogen-bond donors (Lipinski definition) is 2. The minimum atomic E-state index is -4.51. The van der Waals surface area contributed by atoms with E-state index in [4.69, 9.17) is 9.84 Å².